The number of fused-ring (bicyclic) bond motifs is 1. The summed E-state index contributed by atoms with van der Waals surface area (Å²) in [6.07, 6.45) is 2.64. The van der Waals surface area contributed by atoms with Crippen molar-refractivity contribution in [3.8, 4) is 5.75 Å². The molecule has 0 spiro atoms. The van der Waals surface area contributed by atoms with E-state index in [1.165, 1.54) is 6.07 Å². The minimum absolute atomic E-state index is 0.195. The lowest BCUT2D eigenvalue weighted by molar-refractivity contribution is 0.418. The van der Waals surface area contributed by atoms with Crippen molar-refractivity contribution in [3.63, 3.8) is 0 Å². The van der Waals surface area contributed by atoms with Crippen LogP contribution in [0, 0.1) is 5.82 Å². The van der Waals surface area contributed by atoms with E-state index in [1.54, 1.807) is 13.2 Å². The number of hydrogen-bond donors (Lipinski definition) is 1. The molecule has 3 heteroatoms. The number of rotatable bonds is 2. The summed E-state index contributed by atoms with van der Waals surface area (Å²) in [6.45, 7) is 2.00. The smallest absolute Gasteiger partial charge is 0.143 e. The summed E-state index contributed by atoms with van der Waals surface area (Å²) >= 11 is 0. The van der Waals surface area contributed by atoms with Crippen LogP contribution >= 0.6 is 0 Å². The number of ether oxygens (including phenoxy) is 1. The number of halogens is 1. The maximum atomic E-state index is 13.5. The van der Waals surface area contributed by atoms with Crippen LogP contribution in [0.2, 0.25) is 0 Å². The number of benzene rings is 1. The monoisotopic (exact) mass is 193 g/mol. The van der Waals surface area contributed by atoms with Gasteiger partial charge in [0, 0.05) is 11.6 Å². The maximum absolute atomic E-state index is 13.5. The average molecular weight is 193 g/mol. The summed E-state index contributed by atoms with van der Waals surface area (Å²) in [5, 5.41) is 0.645. The second kappa shape index (κ2) is 3.33. The first kappa shape index (κ1) is 9.06. The van der Waals surface area contributed by atoms with E-state index in [2.05, 4.69) is 4.98 Å². The van der Waals surface area contributed by atoms with Gasteiger partial charge < -0.3 is 9.72 Å². The predicted octanol–water partition coefficient (Wildman–Crippen LogP) is 2.88. The van der Waals surface area contributed by atoms with Gasteiger partial charge in [-0.25, -0.2) is 4.39 Å². The van der Waals surface area contributed by atoms with Crippen LogP contribution in [-0.2, 0) is 6.42 Å². The van der Waals surface area contributed by atoms with Gasteiger partial charge >= 0.3 is 0 Å². The van der Waals surface area contributed by atoms with Crippen molar-refractivity contribution in [2.24, 2.45) is 0 Å². The van der Waals surface area contributed by atoms with Crippen LogP contribution in [0.1, 0.15) is 12.5 Å². The molecular formula is C11H12FNO. The number of aromatic amines is 1. The van der Waals surface area contributed by atoms with Crippen LogP contribution in [-0.4, -0.2) is 12.1 Å². The van der Waals surface area contributed by atoms with E-state index in [1.807, 2.05) is 13.1 Å². The highest BCUT2D eigenvalue weighted by atomic mass is 19.1. The zero-order valence-corrected chi connectivity index (χ0v) is 8.23. The number of aromatic nitrogens is 1. The van der Waals surface area contributed by atoms with Gasteiger partial charge in [-0.3, -0.25) is 0 Å². The number of methoxy groups -OCH3 is 1. The van der Waals surface area contributed by atoms with Crippen LogP contribution in [0.5, 0.6) is 5.75 Å². The molecule has 0 aliphatic heterocycles. The number of nitrogens with one attached hydrogen (secondary N) is 1. The van der Waals surface area contributed by atoms with Crippen molar-refractivity contribution < 1.29 is 9.13 Å². The Morgan fingerprint density at radius 2 is 2.21 bits per heavy atom. The molecule has 14 heavy (non-hydrogen) atoms. The van der Waals surface area contributed by atoms with Gasteiger partial charge in [0.25, 0.3) is 0 Å². The molecule has 0 aliphatic carbocycles. The highest BCUT2D eigenvalue weighted by molar-refractivity contribution is 5.88. The average Bonchev–Trinajstić information content (AvgIpc) is 2.63. The molecule has 1 heterocycles. The minimum Gasteiger partial charge on any atom is -0.495 e. The fourth-order valence-electron chi connectivity index (χ4n) is 1.70. The van der Waals surface area contributed by atoms with Gasteiger partial charge in [-0.2, -0.15) is 0 Å². The highest BCUT2D eigenvalue weighted by Gasteiger charge is 2.11. The Bertz CT molecular complexity index is 462. The topological polar surface area (TPSA) is 25.0 Å². The van der Waals surface area contributed by atoms with Crippen LogP contribution in [0.15, 0.2) is 18.3 Å². The molecule has 0 bridgehead atoms. The molecule has 74 valence electrons. The van der Waals surface area contributed by atoms with Gasteiger partial charge in [-0.1, -0.05) is 6.92 Å². The Balaban J connectivity index is 2.80. The summed E-state index contributed by atoms with van der Waals surface area (Å²) in [5.41, 5.74) is 1.72. The molecule has 1 aromatic carbocycles. The van der Waals surface area contributed by atoms with Gasteiger partial charge in [0.1, 0.15) is 11.6 Å². The summed E-state index contributed by atoms with van der Waals surface area (Å²) in [7, 11) is 1.58. The molecule has 0 saturated carbocycles. The molecule has 0 unspecified atom stereocenters. The standard InChI is InChI=1S/C11H12FNO/c1-3-7-6-13-11-9(14-2)5-4-8(12)10(7)11/h4-6,13H,3H2,1-2H3. The quantitative estimate of drug-likeness (QED) is 0.779. The molecule has 2 rings (SSSR count). The predicted molar refractivity (Wildman–Crippen MR) is 54.2 cm³/mol. The van der Waals surface area contributed by atoms with E-state index in [9.17, 15) is 4.39 Å². The molecule has 2 aromatic rings. The Labute approximate surface area is 81.7 Å². The van der Waals surface area contributed by atoms with Crippen LogP contribution in [0.25, 0.3) is 10.9 Å². The fraction of sp³-hybridized carbons (Fsp3) is 0.273. The van der Waals surface area contributed by atoms with Gasteiger partial charge in [0.2, 0.25) is 0 Å². The molecule has 0 amide bonds. The van der Waals surface area contributed by atoms with Crippen LogP contribution in [0.4, 0.5) is 4.39 Å². The van der Waals surface area contributed by atoms with E-state index in [-0.39, 0.29) is 5.82 Å². The first-order valence-electron chi connectivity index (χ1n) is 4.60. The van der Waals surface area contributed by atoms with Gasteiger partial charge in [-0.05, 0) is 24.1 Å². The molecule has 0 radical (unpaired) electrons. The SMILES string of the molecule is CCc1c[nH]c2c(OC)ccc(F)c12. The van der Waals surface area contributed by atoms with Crippen molar-refractivity contribution in [1.29, 1.82) is 0 Å². The van der Waals surface area contributed by atoms with Crippen LogP contribution in [0.3, 0.4) is 0 Å². The van der Waals surface area contributed by atoms with E-state index in [0.717, 1.165) is 17.5 Å². The third-order valence-corrected chi connectivity index (χ3v) is 2.43. The minimum atomic E-state index is -0.195. The molecule has 0 saturated heterocycles. The summed E-state index contributed by atoms with van der Waals surface area (Å²) in [6, 6.07) is 3.07. The Kier molecular flexibility index (Phi) is 2.15. The number of H-pyrrole nitrogens is 1. The molecule has 2 nitrogen and oxygen atoms in total. The summed E-state index contributed by atoms with van der Waals surface area (Å²) < 4.78 is 18.7. The second-order valence-corrected chi connectivity index (χ2v) is 3.17. The van der Waals surface area contributed by atoms with E-state index < -0.39 is 0 Å². The Morgan fingerprint density at radius 1 is 1.43 bits per heavy atom. The van der Waals surface area contributed by atoms with Gasteiger partial charge in [-0.15, -0.1) is 0 Å². The highest BCUT2D eigenvalue weighted by Crippen LogP contribution is 2.29. The third-order valence-electron chi connectivity index (χ3n) is 2.43. The van der Waals surface area contributed by atoms with Crippen molar-refractivity contribution in [2.45, 2.75) is 13.3 Å². The fourth-order valence-corrected chi connectivity index (χ4v) is 1.70. The summed E-state index contributed by atoms with van der Waals surface area (Å²) in [5.74, 6) is 0.486. The van der Waals surface area contributed by atoms with Crippen LogP contribution < -0.4 is 4.74 Å². The Morgan fingerprint density at radius 3 is 2.86 bits per heavy atom. The molecular weight excluding hydrogens is 181 g/mol. The normalized spacial score (nSPS) is 10.8. The molecule has 0 aliphatic rings. The maximum Gasteiger partial charge on any atom is 0.143 e. The zero-order chi connectivity index (χ0) is 10.1. The Hall–Kier alpha value is -1.51. The first-order valence-corrected chi connectivity index (χ1v) is 4.60. The van der Waals surface area contributed by atoms with Crippen molar-refractivity contribution in [3.05, 3.63) is 29.7 Å². The summed E-state index contributed by atoms with van der Waals surface area (Å²) in [4.78, 5) is 3.03. The molecule has 1 aromatic heterocycles. The zero-order valence-electron chi connectivity index (χ0n) is 8.23. The van der Waals surface area contributed by atoms with Crippen molar-refractivity contribution in [1.82, 2.24) is 4.98 Å². The third kappa shape index (κ3) is 1.16. The molecule has 1 N–H and O–H groups in total. The molecule has 0 fully saturated rings. The lowest BCUT2D eigenvalue weighted by Crippen LogP contribution is -1.87. The largest absolute Gasteiger partial charge is 0.495 e. The number of aryl methyl sites for hydroxylation is 1. The second-order valence-electron chi connectivity index (χ2n) is 3.17. The lowest BCUT2D eigenvalue weighted by Gasteiger charge is -2.02. The lowest BCUT2D eigenvalue weighted by atomic mass is 10.1. The van der Waals surface area contributed by atoms with Crippen molar-refractivity contribution in [2.75, 3.05) is 7.11 Å². The van der Waals surface area contributed by atoms with E-state index in [0.29, 0.717) is 11.1 Å². The van der Waals surface area contributed by atoms with E-state index >= 15 is 0 Å². The van der Waals surface area contributed by atoms with Crippen molar-refractivity contribution >= 4 is 10.9 Å². The van der Waals surface area contributed by atoms with E-state index in [4.69, 9.17) is 4.74 Å². The molecule has 0 atom stereocenters. The van der Waals surface area contributed by atoms with Gasteiger partial charge in [0.15, 0.2) is 0 Å². The van der Waals surface area contributed by atoms with Gasteiger partial charge in [0.05, 0.1) is 12.6 Å². The first-order chi connectivity index (χ1) is 6.77. The number of hydrogen-bond acceptors (Lipinski definition) is 1.